The van der Waals surface area contributed by atoms with Crippen molar-refractivity contribution in [3.05, 3.63) is 39.3 Å². The van der Waals surface area contributed by atoms with Gasteiger partial charge in [-0.15, -0.1) is 0 Å². The second-order valence-corrected chi connectivity index (χ2v) is 6.22. The average molecular weight is 255 g/mol. The van der Waals surface area contributed by atoms with Gasteiger partial charge in [0.2, 0.25) is 0 Å². The molecule has 1 heterocycles. The fraction of sp³-hybridized carbons (Fsp3) is 0.100. The van der Waals surface area contributed by atoms with Gasteiger partial charge in [-0.25, -0.2) is 8.42 Å². The van der Waals surface area contributed by atoms with E-state index < -0.39 is 9.84 Å². The Morgan fingerprint density at radius 3 is 2.25 bits per heavy atom. The Hall–Kier alpha value is -1.40. The molecule has 0 saturated heterocycles. The third-order valence-corrected chi connectivity index (χ3v) is 3.91. The van der Waals surface area contributed by atoms with Crippen LogP contribution in [0.3, 0.4) is 0 Å². The number of sulfone groups is 1. The summed E-state index contributed by atoms with van der Waals surface area (Å²) in [5.74, 6) is 0. The Labute approximate surface area is 96.5 Å². The van der Waals surface area contributed by atoms with Crippen molar-refractivity contribution in [3.8, 4) is 11.3 Å². The summed E-state index contributed by atoms with van der Waals surface area (Å²) >= 11 is 1.08. The summed E-state index contributed by atoms with van der Waals surface area (Å²) in [6.07, 6.45) is 1.16. The molecule has 0 unspecified atom stereocenters. The lowest BCUT2D eigenvalue weighted by Gasteiger charge is -2.00. The topological polar surface area (TPSA) is 67.0 Å². The molecule has 0 saturated carbocycles. The lowest BCUT2D eigenvalue weighted by atomic mass is 10.2. The maximum Gasteiger partial charge on any atom is 0.304 e. The number of rotatable bonds is 2. The third-order valence-electron chi connectivity index (χ3n) is 2.11. The standard InChI is InChI=1S/C10H9NO3S2/c1-16(13,14)8-4-2-7(3-5-8)9-6-15-10(12)11-9/h2-6H,1H3,(H,11,12). The molecule has 84 valence electrons. The number of benzene rings is 1. The van der Waals surface area contributed by atoms with Crippen molar-refractivity contribution >= 4 is 21.2 Å². The summed E-state index contributed by atoms with van der Waals surface area (Å²) in [5.41, 5.74) is 1.50. The van der Waals surface area contributed by atoms with Crippen LogP contribution in [0.25, 0.3) is 11.3 Å². The number of aromatic nitrogens is 1. The second kappa shape index (κ2) is 3.88. The van der Waals surface area contributed by atoms with Crippen LogP contribution in [0.2, 0.25) is 0 Å². The molecule has 4 nitrogen and oxygen atoms in total. The van der Waals surface area contributed by atoms with Crippen molar-refractivity contribution in [3.63, 3.8) is 0 Å². The number of hydrogen-bond donors (Lipinski definition) is 1. The molecule has 1 aromatic carbocycles. The minimum absolute atomic E-state index is 0.123. The number of nitrogens with one attached hydrogen (secondary N) is 1. The first-order chi connectivity index (χ1) is 7.47. The van der Waals surface area contributed by atoms with Gasteiger partial charge in [0.25, 0.3) is 0 Å². The lowest BCUT2D eigenvalue weighted by molar-refractivity contribution is 0.602. The summed E-state index contributed by atoms with van der Waals surface area (Å²) in [6.45, 7) is 0. The average Bonchev–Trinajstić information content (AvgIpc) is 2.64. The Morgan fingerprint density at radius 1 is 1.19 bits per heavy atom. The summed E-state index contributed by atoms with van der Waals surface area (Å²) in [5, 5.41) is 1.71. The van der Waals surface area contributed by atoms with Crippen molar-refractivity contribution in [1.82, 2.24) is 4.98 Å². The second-order valence-electron chi connectivity index (χ2n) is 3.36. The van der Waals surface area contributed by atoms with Gasteiger partial charge < -0.3 is 4.98 Å². The van der Waals surface area contributed by atoms with Crippen LogP contribution in [0.4, 0.5) is 0 Å². The molecule has 0 aliphatic rings. The number of H-pyrrole nitrogens is 1. The minimum Gasteiger partial charge on any atom is -0.312 e. The summed E-state index contributed by atoms with van der Waals surface area (Å²) < 4.78 is 22.5. The molecule has 0 radical (unpaired) electrons. The van der Waals surface area contributed by atoms with Crippen molar-refractivity contribution in [2.24, 2.45) is 0 Å². The number of hydrogen-bond acceptors (Lipinski definition) is 4. The zero-order chi connectivity index (χ0) is 11.8. The predicted molar refractivity (Wildman–Crippen MR) is 63.5 cm³/mol. The fourth-order valence-electron chi connectivity index (χ4n) is 1.30. The van der Waals surface area contributed by atoms with Crippen molar-refractivity contribution < 1.29 is 8.42 Å². The number of aromatic amines is 1. The Balaban J connectivity index is 2.44. The van der Waals surface area contributed by atoms with E-state index in [0.29, 0.717) is 5.69 Å². The molecule has 0 amide bonds. The Kier molecular flexibility index (Phi) is 2.69. The number of thiazole rings is 1. The molecule has 6 heteroatoms. The summed E-state index contributed by atoms with van der Waals surface area (Å²) in [6, 6.07) is 6.41. The molecule has 0 aliphatic carbocycles. The van der Waals surface area contributed by atoms with E-state index in [9.17, 15) is 13.2 Å². The highest BCUT2D eigenvalue weighted by Crippen LogP contribution is 2.19. The highest BCUT2D eigenvalue weighted by atomic mass is 32.2. The molecule has 16 heavy (non-hydrogen) atoms. The molecule has 1 N–H and O–H groups in total. The molecule has 2 aromatic rings. The van der Waals surface area contributed by atoms with Crippen molar-refractivity contribution in [1.29, 1.82) is 0 Å². The first-order valence-electron chi connectivity index (χ1n) is 4.45. The lowest BCUT2D eigenvalue weighted by Crippen LogP contribution is -1.96. The summed E-state index contributed by atoms with van der Waals surface area (Å²) in [4.78, 5) is 13.8. The van der Waals surface area contributed by atoms with Gasteiger partial charge in [0.05, 0.1) is 10.6 Å². The van der Waals surface area contributed by atoms with Crippen LogP contribution >= 0.6 is 11.3 Å². The van der Waals surface area contributed by atoms with Gasteiger partial charge in [-0.05, 0) is 17.7 Å². The molecule has 0 atom stereocenters. The van der Waals surface area contributed by atoms with E-state index in [4.69, 9.17) is 0 Å². The van der Waals surface area contributed by atoms with Gasteiger partial charge in [0.1, 0.15) is 0 Å². The van der Waals surface area contributed by atoms with E-state index in [1.165, 1.54) is 12.1 Å². The van der Waals surface area contributed by atoms with Gasteiger partial charge >= 0.3 is 4.87 Å². The van der Waals surface area contributed by atoms with Gasteiger partial charge in [-0.3, -0.25) is 4.79 Å². The largest absolute Gasteiger partial charge is 0.312 e. The van der Waals surface area contributed by atoms with Crippen LogP contribution in [0.1, 0.15) is 0 Å². The van der Waals surface area contributed by atoms with Crippen molar-refractivity contribution in [2.45, 2.75) is 4.90 Å². The molecule has 0 fully saturated rings. The highest BCUT2D eigenvalue weighted by Gasteiger charge is 2.07. The smallest absolute Gasteiger partial charge is 0.304 e. The molecule has 2 rings (SSSR count). The fourth-order valence-corrected chi connectivity index (χ4v) is 2.52. The molecule has 1 aromatic heterocycles. The van der Waals surface area contributed by atoms with Gasteiger partial charge in [-0.1, -0.05) is 23.5 Å². The van der Waals surface area contributed by atoms with Crippen LogP contribution < -0.4 is 4.87 Å². The van der Waals surface area contributed by atoms with E-state index in [2.05, 4.69) is 4.98 Å². The molecular formula is C10H9NO3S2. The van der Waals surface area contributed by atoms with E-state index in [1.54, 1.807) is 17.5 Å². The SMILES string of the molecule is CS(=O)(=O)c1ccc(-c2csc(=O)[nH]2)cc1. The van der Waals surface area contributed by atoms with E-state index >= 15 is 0 Å². The third kappa shape index (κ3) is 2.23. The van der Waals surface area contributed by atoms with Crippen LogP contribution in [0.5, 0.6) is 0 Å². The van der Waals surface area contributed by atoms with Gasteiger partial charge in [0.15, 0.2) is 9.84 Å². The van der Waals surface area contributed by atoms with Crippen LogP contribution in [-0.4, -0.2) is 19.7 Å². The van der Waals surface area contributed by atoms with E-state index in [-0.39, 0.29) is 9.77 Å². The predicted octanol–water partition coefficient (Wildman–Crippen LogP) is 1.51. The van der Waals surface area contributed by atoms with E-state index in [1.807, 2.05) is 0 Å². The first-order valence-corrected chi connectivity index (χ1v) is 7.22. The zero-order valence-corrected chi connectivity index (χ0v) is 10.1. The minimum atomic E-state index is -3.17. The van der Waals surface area contributed by atoms with Gasteiger partial charge in [-0.2, -0.15) is 0 Å². The maximum atomic E-state index is 11.2. The monoisotopic (exact) mass is 255 g/mol. The summed E-state index contributed by atoms with van der Waals surface area (Å²) in [7, 11) is -3.17. The first kappa shape index (κ1) is 11.1. The normalized spacial score (nSPS) is 11.6. The molecule has 0 bridgehead atoms. The zero-order valence-electron chi connectivity index (χ0n) is 8.43. The Bertz CT molecular complexity index is 650. The quantitative estimate of drug-likeness (QED) is 0.884. The Morgan fingerprint density at radius 2 is 1.81 bits per heavy atom. The molecular weight excluding hydrogens is 246 g/mol. The highest BCUT2D eigenvalue weighted by molar-refractivity contribution is 7.90. The maximum absolute atomic E-state index is 11.2. The van der Waals surface area contributed by atoms with Crippen LogP contribution in [0, 0.1) is 0 Å². The van der Waals surface area contributed by atoms with Gasteiger partial charge in [0, 0.05) is 11.6 Å². The van der Waals surface area contributed by atoms with E-state index in [0.717, 1.165) is 23.2 Å². The molecule has 0 aliphatic heterocycles. The van der Waals surface area contributed by atoms with Crippen LogP contribution in [-0.2, 0) is 9.84 Å². The van der Waals surface area contributed by atoms with Crippen molar-refractivity contribution in [2.75, 3.05) is 6.26 Å². The molecule has 0 spiro atoms. The van der Waals surface area contributed by atoms with Crippen LogP contribution in [0.15, 0.2) is 39.3 Å².